The lowest BCUT2D eigenvalue weighted by atomic mass is 10.0. The Morgan fingerprint density at radius 1 is 1.20 bits per heavy atom. The summed E-state index contributed by atoms with van der Waals surface area (Å²) < 4.78 is 0. The second kappa shape index (κ2) is 6.43. The molecular weight excluding hydrogens is 258 g/mol. The van der Waals surface area contributed by atoms with E-state index in [1.165, 1.54) is 12.8 Å². The summed E-state index contributed by atoms with van der Waals surface area (Å²) in [6.45, 7) is 6.44. The number of rotatable bonds is 6. The lowest BCUT2D eigenvalue weighted by molar-refractivity contribution is -0.137. The molecule has 1 saturated carbocycles. The zero-order valence-electron chi connectivity index (χ0n) is 12.2. The summed E-state index contributed by atoms with van der Waals surface area (Å²) in [5, 5.41) is 11.7. The molecule has 114 valence electrons. The first kappa shape index (κ1) is 15.1. The summed E-state index contributed by atoms with van der Waals surface area (Å²) in [5.74, 6) is -0.764. The zero-order chi connectivity index (χ0) is 14.6. The predicted molar refractivity (Wildman–Crippen MR) is 75.6 cm³/mol. The van der Waals surface area contributed by atoms with Crippen molar-refractivity contribution in [1.29, 1.82) is 0 Å². The van der Waals surface area contributed by atoms with Crippen LogP contribution in [-0.4, -0.2) is 66.2 Å². The van der Waals surface area contributed by atoms with E-state index in [0.29, 0.717) is 25.0 Å². The molecule has 6 heteroatoms. The molecule has 0 bridgehead atoms. The molecule has 1 heterocycles. The van der Waals surface area contributed by atoms with Crippen molar-refractivity contribution in [2.75, 3.05) is 39.3 Å². The van der Waals surface area contributed by atoms with Crippen molar-refractivity contribution in [2.45, 2.75) is 32.6 Å². The van der Waals surface area contributed by atoms with Crippen LogP contribution in [0.15, 0.2) is 0 Å². The molecule has 0 aromatic heterocycles. The Kier molecular flexibility index (Phi) is 4.86. The maximum absolute atomic E-state index is 12.1. The quantitative estimate of drug-likeness (QED) is 0.762. The van der Waals surface area contributed by atoms with Gasteiger partial charge in [0.05, 0.1) is 6.42 Å². The van der Waals surface area contributed by atoms with Crippen LogP contribution in [0.3, 0.4) is 0 Å². The summed E-state index contributed by atoms with van der Waals surface area (Å²) in [5.41, 5.74) is 0.374. The Morgan fingerprint density at radius 3 is 2.35 bits per heavy atom. The molecule has 2 fully saturated rings. The van der Waals surface area contributed by atoms with Gasteiger partial charge in [-0.15, -0.1) is 0 Å². The van der Waals surface area contributed by atoms with E-state index in [1.54, 1.807) is 0 Å². The standard InChI is InChI=1S/C14H25N3O3/c1-2-14(4-5-14)11-15-13(20)17-9-7-16(8-10-17)6-3-12(18)19/h2-11H2,1H3,(H,15,20)(H,18,19). The highest BCUT2D eigenvalue weighted by Crippen LogP contribution is 2.47. The fourth-order valence-electron chi connectivity index (χ4n) is 2.64. The molecule has 2 amide bonds. The molecular formula is C14H25N3O3. The van der Waals surface area contributed by atoms with Crippen molar-refractivity contribution >= 4 is 12.0 Å². The molecule has 1 saturated heterocycles. The molecule has 0 aromatic rings. The normalized spacial score (nSPS) is 21.6. The molecule has 2 aliphatic rings. The number of nitrogens with zero attached hydrogens (tertiary/aromatic N) is 2. The maximum Gasteiger partial charge on any atom is 0.317 e. The van der Waals surface area contributed by atoms with Crippen LogP contribution < -0.4 is 5.32 Å². The van der Waals surface area contributed by atoms with Gasteiger partial charge in [-0.05, 0) is 24.7 Å². The largest absolute Gasteiger partial charge is 0.481 e. The molecule has 20 heavy (non-hydrogen) atoms. The van der Waals surface area contributed by atoms with Crippen LogP contribution in [0.25, 0.3) is 0 Å². The van der Waals surface area contributed by atoms with Gasteiger partial charge in [0.1, 0.15) is 0 Å². The number of carboxylic acids is 1. The first-order valence-corrected chi connectivity index (χ1v) is 7.52. The SMILES string of the molecule is CCC1(CNC(=O)N2CCN(CCC(=O)O)CC2)CC1. The first-order chi connectivity index (χ1) is 9.54. The number of hydrogen-bond donors (Lipinski definition) is 2. The summed E-state index contributed by atoms with van der Waals surface area (Å²) in [4.78, 5) is 26.5. The predicted octanol–water partition coefficient (Wildman–Crippen LogP) is 0.979. The molecule has 6 nitrogen and oxygen atoms in total. The van der Waals surface area contributed by atoms with Gasteiger partial charge in [0, 0.05) is 39.3 Å². The Bertz CT molecular complexity index is 361. The van der Waals surface area contributed by atoms with E-state index in [9.17, 15) is 9.59 Å². The van der Waals surface area contributed by atoms with Gasteiger partial charge in [0.25, 0.3) is 0 Å². The van der Waals surface area contributed by atoms with E-state index < -0.39 is 5.97 Å². The Morgan fingerprint density at radius 2 is 1.85 bits per heavy atom. The van der Waals surface area contributed by atoms with Crippen LogP contribution in [0.2, 0.25) is 0 Å². The topological polar surface area (TPSA) is 72.9 Å². The van der Waals surface area contributed by atoms with Crippen molar-refractivity contribution in [2.24, 2.45) is 5.41 Å². The highest BCUT2D eigenvalue weighted by Gasteiger charge is 2.40. The second-order valence-corrected chi connectivity index (χ2v) is 5.98. The third-order valence-corrected chi connectivity index (χ3v) is 4.62. The number of carbonyl (C=O) groups excluding carboxylic acids is 1. The van der Waals surface area contributed by atoms with E-state index in [-0.39, 0.29) is 12.5 Å². The minimum absolute atomic E-state index is 0.0302. The molecule has 0 atom stereocenters. The maximum atomic E-state index is 12.1. The van der Waals surface area contributed by atoms with Gasteiger partial charge >= 0.3 is 12.0 Å². The van der Waals surface area contributed by atoms with Gasteiger partial charge in [-0.2, -0.15) is 0 Å². The number of carboxylic acid groups (broad SMARTS) is 1. The van der Waals surface area contributed by atoms with Crippen LogP contribution >= 0.6 is 0 Å². The third-order valence-electron chi connectivity index (χ3n) is 4.62. The molecule has 1 aliphatic heterocycles. The number of carbonyl (C=O) groups is 2. The molecule has 0 aromatic carbocycles. The fraction of sp³-hybridized carbons (Fsp3) is 0.857. The summed E-state index contributed by atoms with van der Waals surface area (Å²) >= 11 is 0. The van der Waals surface area contributed by atoms with Crippen LogP contribution in [-0.2, 0) is 4.79 Å². The monoisotopic (exact) mass is 283 g/mol. The van der Waals surface area contributed by atoms with Crippen molar-refractivity contribution < 1.29 is 14.7 Å². The van der Waals surface area contributed by atoms with Gasteiger partial charge in [-0.3, -0.25) is 9.69 Å². The molecule has 1 aliphatic carbocycles. The smallest absolute Gasteiger partial charge is 0.317 e. The van der Waals surface area contributed by atoms with Crippen LogP contribution in [0.4, 0.5) is 4.79 Å². The summed E-state index contributed by atoms with van der Waals surface area (Å²) in [7, 11) is 0. The van der Waals surface area contributed by atoms with E-state index in [2.05, 4.69) is 17.1 Å². The molecule has 2 rings (SSSR count). The van der Waals surface area contributed by atoms with Gasteiger partial charge in [0.15, 0.2) is 0 Å². The number of amides is 2. The number of hydrogen-bond acceptors (Lipinski definition) is 3. The van der Waals surface area contributed by atoms with Gasteiger partial charge in [-0.25, -0.2) is 4.79 Å². The van der Waals surface area contributed by atoms with Crippen molar-refractivity contribution in [3.63, 3.8) is 0 Å². The van der Waals surface area contributed by atoms with Crippen molar-refractivity contribution in [3.05, 3.63) is 0 Å². The number of aliphatic carboxylic acids is 1. The van der Waals surface area contributed by atoms with Crippen molar-refractivity contribution in [1.82, 2.24) is 15.1 Å². The minimum atomic E-state index is -0.764. The minimum Gasteiger partial charge on any atom is -0.481 e. The van der Waals surface area contributed by atoms with Crippen LogP contribution in [0.5, 0.6) is 0 Å². The Balaban J connectivity index is 1.65. The fourth-order valence-corrected chi connectivity index (χ4v) is 2.64. The number of nitrogens with one attached hydrogen (secondary N) is 1. The van der Waals surface area contributed by atoms with Crippen LogP contribution in [0, 0.1) is 5.41 Å². The van der Waals surface area contributed by atoms with Crippen molar-refractivity contribution in [3.8, 4) is 0 Å². The average Bonchev–Trinajstić information content (AvgIpc) is 3.24. The summed E-state index contributed by atoms with van der Waals surface area (Å²) in [6.07, 6.45) is 3.76. The molecule has 0 unspecified atom stereocenters. The third kappa shape index (κ3) is 4.10. The van der Waals surface area contributed by atoms with Gasteiger partial charge in [-0.1, -0.05) is 6.92 Å². The number of urea groups is 1. The first-order valence-electron chi connectivity index (χ1n) is 7.52. The average molecular weight is 283 g/mol. The highest BCUT2D eigenvalue weighted by atomic mass is 16.4. The van der Waals surface area contributed by atoms with Gasteiger partial charge < -0.3 is 15.3 Å². The molecule has 0 spiro atoms. The molecule has 0 radical (unpaired) electrons. The van der Waals surface area contributed by atoms with E-state index in [4.69, 9.17) is 5.11 Å². The number of piperazine rings is 1. The highest BCUT2D eigenvalue weighted by molar-refractivity contribution is 5.74. The van der Waals surface area contributed by atoms with E-state index >= 15 is 0 Å². The lowest BCUT2D eigenvalue weighted by Crippen LogP contribution is -2.52. The lowest BCUT2D eigenvalue weighted by Gasteiger charge is -2.34. The van der Waals surface area contributed by atoms with Gasteiger partial charge in [0.2, 0.25) is 0 Å². The van der Waals surface area contributed by atoms with E-state index in [1.807, 2.05) is 4.90 Å². The van der Waals surface area contributed by atoms with E-state index in [0.717, 1.165) is 26.1 Å². The molecule has 2 N–H and O–H groups in total. The Labute approximate surface area is 120 Å². The zero-order valence-corrected chi connectivity index (χ0v) is 12.2. The Hall–Kier alpha value is -1.30. The summed E-state index contributed by atoms with van der Waals surface area (Å²) in [6, 6.07) is 0.0302. The van der Waals surface area contributed by atoms with Crippen LogP contribution in [0.1, 0.15) is 32.6 Å². The second-order valence-electron chi connectivity index (χ2n) is 5.98.